The summed E-state index contributed by atoms with van der Waals surface area (Å²) in [6.45, 7) is 8.55. The number of methoxy groups -OCH3 is 1. The maximum Gasteiger partial charge on any atom is 0.412 e. The number of nitrogens with zero attached hydrogens (tertiary/aromatic N) is 2. The second-order valence-corrected chi connectivity index (χ2v) is 9.87. The maximum atomic E-state index is 12.2. The lowest BCUT2D eigenvalue weighted by Gasteiger charge is -2.29. The number of amides is 1. The van der Waals surface area contributed by atoms with Crippen LogP contribution in [0.1, 0.15) is 31.9 Å². The van der Waals surface area contributed by atoms with Crippen molar-refractivity contribution in [2.24, 2.45) is 0 Å². The SMILES string of the molecule is COc1cc(N2CCOCC2)cc(-c2cccc3c2Oc2ccc(NC(=O)OC(C)(C)C)cc2C3)n1. The highest BCUT2D eigenvalue weighted by Gasteiger charge is 2.24. The minimum absolute atomic E-state index is 0.484. The molecule has 1 fully saturated rings. The first-order valence-corrected chi connectivity index (χ1v) is 12.1. The average molecular weight is 490 g/mol. The molecule has 0 unspecified atom stereocenters. The summed E-state index contributed by atoms with van der Waals surface area (Å²) in [6, 6.07) is 15.7. The molecular formula is C28H31N3O5. The largest absolute Gasteiger partial charge is 0.481 e. The number of anilines is 2. The fourth-order valence-corrected chi connectivity index (χ4v) is 4.42. The van der Waals surface area contributed by atoms with Crippen LogP contribution >= 0.6 is 0 Å². The van der Waals surface area contributed by atoms with Crippen LogP contribution in [0.4, 0.5) is 16.2 Å². The first kappa shape index (κ1) is 23.9. The van der Waals surface area contributed by atoms with E-state index in [1.807, 2.05) is 57.2 Å². The van der Waals surface area contributed by atoms with Crippen LogP contribution in [-0.4, -0.2) is 50.1 Å². The van der Waals surface area contributed by atoms with Gasteiger partial charge in [0.05, 0.1) is 26.0 Å². The molecule has 0 spiro atoms. The van der Waals surface area contributed by atoms with Gasteiger partial charge in [0.25, 0.3) is 0 Å². The number of benzene rings is 2. The topological polar surface area (TPSA) is 82.2 Å². The normalized spacial score (nSPS) is 14.8. The number of ether oxygens (including phenoxy) is 4. The number of para-hydroxylation sites is 1. The Morgan fingerprint density at radius 1 is 1.06 bits per heavy atom. The Balaban J connectivity index is 1.43. The molecule has 8 heteroatoms. The highest BCUT2D eigenvalue weighted by Crippen LogP contribution is 2.44. The van der Waals surface area contributed by atoms with Crippen molar-refractivity contribution in [3.8, 4) is 28.6 Å². The van der Waals surface area contributed by atoms with Crippen molar-refractivity contribution in [2.75, 3.05) is 43.6 Å². The molecule has 1 amide bonds. The van der Waals surface area contributed by atoms with Crippen molar-refractivity contribution in [1.29, 1.82) is 0 Å². The second-order valence-electron chi connectivity index (χ2n) is 9.87. The molecule has 0 aliphatic carbocycles. The molecule has 1 saturated heterocycles. The van der Waals surface area contributed by atoms with Gasteiger partial charge in [-0.1, -0.05) is 12.1 Å². The Hall–Kier alpha value is -3.78. The van der Waals surface area contributed by atoms with E-state index in [4.69, 9.17) is 23.9 Å². The summed E-state index contributed by atoms with van der Waals surface area (Å²) in [5.74, 6) is 2.09. The smallest absolute Gasteiger partial charge is 0.412 e. The van der Waals surface area contributed by atoms with Gasteiger partial charge >= 0.3 is 6.09 Å². The summed E-state index contributed by atoms with van der Waals surface area (Å²) < 4.78 is 22.8. The van der Waals surface area contributed by atoms with Gasteiger partial charge in [-0.3, -0.25) is 5.32 Å². The Kier molecular flexibility index (Phi) is 6.45. The molecule has 0 atom stereocenters. The van der Waals surface area contributed by atoms with Gasteiger partial charge in [-0.25, -0.2) is 9.78 Å². The van der Waals surface area contributed by atoms with E-state index in [1.165, 1.54) is 0 Å². The van der Waals surface area contributed by atoms with Gasteiger partial charge in [0, 0.05) is 53.6 Å². The number of carbonyl (C=O) groups is 1. The third-order valence-corrected chi connectivity index (χ3v) is 6.04. The highest BCUT2D eigenvalue weighted by atomic mass is 16.6. The zero-order valence-corrected chi connectivity index (χ0v) is 21.1. The lowest BCUT2D eigenvalue weighted by Crippen LogP contribution is -2.36. The lowest BCUT2D eigenvalue weighted by atomic mass is 9.96. The minimum atomic E-state index is -0.563. The summed E-state index contributed by atoms with van der Waals surface area (Å²) in [5.41, 5.74) is 4.88. The van der Waals surface area contributed by atoms with E-state index in [1.54, 1.807) is 7.11 Å². The van der Waals surface area contributed by atoms with Crippen molar-refractivity contribution in [2.45, 2.75) is 32.8 Å². The van der Waals surface area contributed by atoms with Gasteiger partial charge in [0.15, 0.2) is 0 Å². The quantitative estimate of drug-likeness (QED) is 0.397. The fraction of sp³-hybridized carbons (Fsp3) is 0.357. The predicted octanol–water partition coefficient (Wildman–Crippen LogP) is 5.64. The third-order valence-electron chi connectivity index (χ3n) is 6.04. The third kappa shape index (κ3) is 5.23. The molecule has 36 heavy (non-hydrogen) atoms. The number of carbonyl (C=O) groups excluding carboxylic acids is 1. The van der Waals surface area contributed by atoms with Crippen LogP contribution in [-0.2, 0) is 15.9 Å². The fourth-order valence-electron chi connectivity index (χ4n) is 4.42. The molecule has 0 bridgehead atoms. The number of aromatic nitrogens is 1. The van der Waals surface area contributed by atoms with Crippen LogP contribution in [0.5, 0.6) is 17.4 Å². The van der Waals surface area contributed by atoms with Gasteiger partial charge in [0.1, 0.15) is 17.1 Å². The molecule has 1 aromatic heterocycles. The zero-order chi connectivity index (χ0) is 25.3. The van der Waals surface area contributed by atoms with E-state index >= 15 is 0 Å². The Bertz CT molecular complexity index is 1280. The van der Waals surface area contributed by atoms with Gasteiger partial charge in [-0.05, 0) is 51.1 Å². The molecule has 3 aromatic rings. The Labute approximate surface area is 211 Å². The number of morpholine rings is 1. The van der Waals surface area contributed by atoms with Crippen LogP contribution in [0.2, 0.25) is 0 Å². The van der Waals surface area contributed by atoms with E-state index in [0.717, 1.165) is 52.7 Å². The van der Waals surface area contributed by atoms with Gasteiger partial charge in [-0.2, -0.15) is 0 Å². The van der Waals surface area contributed by atoms with E-state index < -0.39 is 11.7 Å². The number of nitrogens with one attached hydrogen (secondary N) is 1. The summed E-state index contributed by atoms with van der Waals surface area (Å²) in [5, 5.41) is 2.81. The molecule has 8 nitrogen and oxygen atoms in total. The van der Waals surface area contributed by atoms with Crippen molar-refractivity contribution in [3.05, 3.63) is 59.7 Å². The first-order chi connectivity index (χ1) is 17.3. The van der Waals surface area contributed by atoms with E-state index in [2.05, 4.69) is 22.3 Å². The van der Waals surface area contributed by atoms with Crippen LogP contribution in [0.3, 0.4) is 0 Å². The van der Waals surface area contributed by atoms with Gasteiger partial charge in [0.2, 0.25) is 5.88 Å². The van der Waals surface area contributed by atoms with Crippen molar-refractivity contribution >= 4 is 17.5 Å². The minimum Gasteiger partial charge on any atom is -0.481 e. The second kappa shape index (κ2) is 9.70. The molecule has 0 radical (unpaired) electrons. The molecule has 1 N–H and O–H groups in total. The highest BCUT2D eigenvalue weighted by molar-refractivity contribution is 5.85. The van der Waals surface area contributed by atoms with Crippen LogP contribution in [0, 0.1) is 0 Å². The molecule has 2 aliphatic heterocycles. The van der Waals surface area contributed by atoms with E-state index in [0.29, 0.717) is 31.2 Å². The van der Waals surface area contributed by atoms with Crippen molar-refractivity contribution in [1.82, 2.24) is 4.98 Å². The maximum absolute atomic E-state index is 12.2. The van der Waals surface area contributed by atoms with Gasteiger partial charge in [-0.15, -0.1) is 0 Å². The summed E-state index contributed by atoms with van der Waals surface area (Å²) >= 11 is 0. The molecule has 0 saturated carbocycles. The number of hydrogen-bond donors (Lipinski definition) is 1. The summed E-state index contributed by atoms with van der Waals surface area (Å²) in [6.07, 6.45) is 0.185. The number of pyridine rings is 1. The molecule has 188 valence electrons. The lowest BCUT2D eigenvalue weighted by molar-refractivity contribution is 0.0636. The van der Waals surface area contributed by atoms with E-state index in [-0.39, 0.29) is 0 Å². The molecule has 5 rings (SSSR count). The van der Waals surface area contributed by atoms with Crippen LogP contribution in [0.15, 0.2) is 48.5 Å². The molecule has 3 heterocycles. The first-order valence-electron chi connectivity index (χ1n) is 12.1. The average Bonchev–Trinajstić information content (AvgIpc) is 2.86. The Morgan fingerprint density at radius 2 is 1.86 bits per heavy atom. The van der Waals surface area contributed by atoms with Crippen LogP contribution in [0.25, 0.3) is 11.3 Å². The zero-order valence-electron chi connectivity index (χ0n) is 21.1. The standard InChI is InChI=1S/C28H31N3O5/c1-28(2,3)36-27(32)29-20-8-9-24-19(15-20)14-18-6-5-7-22(26(18)35-24)23-16-21(17-25(30-23)33-4)31-10-12-34-13-11-31/h5-9,15-17H,10-14H2,1-4H3,(H,29,32). The number of rotatable bonds is 4. The van der Waals surface area contributed by atoms with Crippen molar-refractivity contribution < 1.29 is 23.7 Å². The van der Waals surface area contributed by atoms with Crippen molar-refractivity contribution in [3.63, 3.8) is 0 Å². The predicted molar refractivity (Wildman–Crippen MR) is 138 cm³/mol. The number of fused-ring (bicyclic) bond motifs is 2. The molecule has 2 aromatic carbocycles. The molecular weight excluding hydrogens is 458 g/mol. The van der Waals surface area contributed by atoms with Crippen LogP contribution < -0.4 is 19.7 Å². The molecule has 2 aliphatic rings. The van der Waals surface area contributed by atoms with Gasteiger partial charge < -0.3 is 23.8 Å². The van der Waals surface area contributed by atoms with E-state index in [9.17, 15) is 4.79 Å². The monoisotopic (exact) mass is 489 g/mol. The Morgan fingerprint density at radius 3 is 2.61 bits per heavy atom. The summed E-state index contributed by atoms with van der Waals surface area (Å²) in [7, 11) is 1.63. The number of hydrogen-bond acceptors (Lipinski definition) is 7. The summed E-state index contributed by atoms with van der Waals surface area (Å²) in [4.78, 5) is 19.2.